The first kappa shape index (κ1) is 12.6. The van der Waals surface area contributed by atoms with Gasteiger partial charge in [0, 0.05) is 5.92 Å². The summed E-state index contributed by atoms with van der Waals surface area (Å²) in [5.41, 5.74) is 2.65. The number of ketones is 1. The minimum Gasteiger partial charge on any atom is -0.299 e. The highest BCUT2D eigenvalue weighted by atomic mass is 16.1. The Morgan fingerprint density at radius 1 is 1.00 bits per heavy atom. The van der Waals surface area contributed by atoms with E-state index in [1.807, 2.05) is 0 Å². The summed E-state index contributed by atoms with van der Waals surface area (Å²) < 4.78 is 0. The molecule has 2 aromatic carbocycles. The average molecular weight is 274 g/mol. The van der Waals surface area contributed by atoms with Crippen molar-refractivity contribution in [1.82, 2.24) is 0 Å². The number of hydrogen-bond donors (Lipinski definition) is 0. The second-order valence-corrected chi connectivity index (χ2v) is 6.03. The fraction of sp³-hybridized carbons (Fsp3) is 0.250. The Kier molecular flexibility index (Phi) is 2.81. The van der Waals surface area contributed by atoms with Crippen molar-refractivity contribution in [3.05, 3.63) is 68.4 Å². The molecular weight excluding hydrogens is 256 g/mol. The molecule has 0 spiro atoms. The second-order valence-electron chi connectivity index (χ2n) is 6.03. The molecule has 1 unspecified atom stereocenters. The Morgan fingerprint density at radius 3 is 2.71 bits per heavy atom. The largest absolute Gasteiger partial charge is 0.299 e. The van der Waals surface area contributed by atoms with Gasteiger partial charge in [-0.1, -0.05) is 48.6 Å². The highest BCUT2D eigenvalue weighted by molar-refractivity contribution is 5.84. The summed E-state index contributed by atoms with van der Waals surface area (Å²) in [5, 5.41) is 5.19. The van der Waals surface area contributed by atoms with E-state index in [9.17, 15) is 4.79 Å². The van der Waals surface area contributed by atoms with Crippen molar-refractivity contribution < 1.29 is 4.79 Å². The number of fused-ring (bicyclic) bond motifs is 4. The van der Waals surface area contributed by atoms with E-state index in [1.54, 1.807) is 6.92 Å². The molecule has 104 valence electrons. The molecule has 2 aliphatic carbocycles. The molecule has 0 radical (unpaired) electrons. The van der Waals surface area contributed by atoms with Crippen LogP contribution in [0.5, 0.6) is 0 Å². The van der Waals surface area contributed by atoms with E-state index in [4.69, 9.17) is 0 Å². The Bertz CT molecular complexity index is 950. The van der Waals surface area contributed by atoms with Gasteiger partial charge in [0.25, 0.3) is 0 Å². The third kappa shape index (κ3) is 1.88. The molecule has 0 amide bonds. The average Bonchev–Trinajstić information content (AvgIpc) is 2.53. The number of hydrogen-bond acceptors (Lipinski definition) is 1. The highest BCUT2D eigenvalue weighted by Crippen LogP contribution is 2.28. The van der Waals surface area contributed by atoms with Crippen molar-refractivity contribution in [2.75, 3.05) is 0 Å². The molecule has 0 saturated carbocycles. The van der Waals surface area contributed by atoms with Crippen molar-refractivity contribution in [2.45, 2.75) is 32.1 Å². The lowest BCUT2D eigenvalue weighted by Crippen LogP contribution is -2.26. The van der Waals surface area contributed by atoms with Crippen LogP contribution in [0.4, 0.5) is 0 Å². The molecular formula is C20H18O. The minimum atomic E-state index is 0.0820. The summed E-state index contributed by atoms with van der Waals surface area (Å²) in [5.74, 6) is 0.384. The van der Waals surface area contributed by atoms with Crippen LogP contribution in [-0.4, -0.2) is 5.78 Å². The van der Waals surface area contributed by atoms with Crippen molar-refractivity contribution >= 4 is 17.9 Å². The van der Waals surface area contributed by atoms with E-state index in [0.717, 1.165) is 19.3 Å². The minimum absolute atomic E-state index is 0.0820. The Hall–Kier alpha value is -2.15. The van der Waals surface area contributed by atoms with Gasteiger partial charge < -0.3 is 0 Å². The first-order valence-corrected chi connectivity index (χ1v) is 7.68. The van der Waals surface area contributed by atoms with Gasteiger partial charge in [0.15, 0.2) is 0 Å². The molecule has 1 heteroatoms. The normalized spacial score (nSPS) is 18.6. The highest BCUT2D eigenvalue weighted by Gasteiger charge is 2.23. The Morgan fingerprint density at radius 2 is 1.86 bits per heavy atom. The maximum Gasteiger partial charge on any atom is 0.137 e. The van der Waals surface area contributed by atoms with Crippen LogP contribution in [0.1, 0.15) is 36.8 Å². The number of rotatable bonds is 1. The lowest BCUT2D eigenvalue weighted by atomic mass is 9.80. The number of carbonyl (C=O) groups is 1. The van der Waals surface area contributed by atoms with Gasteiger partial charge in [-0.15, -0.1) is 0 Å². The molecule has 0 aliphatic heterocycles. The molecule has 0 N–H and O–H groups in total. The molecule has 1 atom stereocenters. The lowest BCUT2D eigenvalue weighted by Gasteiger charge is -2.23. The summed E-state index contributed by atoms with van der Waals surface area (Å²) in [6, 6.07) is 13.0. The topological polar surface area (TPSA) is 17.1 Å². The molecule has 2 aliphatic rings. The van der Waals surface area contributed by atoms with Crippen molar-refractivity contribution in [3.8, 4) is 0 Å². The summed E-state index contributed by atoms with van der Waals surface area (Å²) in [7, 11) is 0. The lowest BCUT2D eigenvalue weighted by molar-refractivity contribution is -0.118. The van der Waals surface area contributed by atoms with Crippen LogP contribution in [0.15, 0.2) is 36.4 Å². The van der Waals surface area contributed by atoms with Crippen molar-refractivity contribution in [1.29, 1.82) is 0 Å². The molecule has 0 heterocycles. The van der Waals surface area contributed by atoms with Crippen LogP contribution in [0.2, 0.25) is 0 Å². The van der Waals surface area contributed by atoms with Gasteiger partial charge >= 0.3 is 0 Å². The van der Waals surface area contributed by atoms with Crippen molar-refractivity contribution in [2.24, 2.45) is 0 Å². The maximum atomic E-state index is 12.1. The standard InChI is InChI=1S/C20H18O/c1-13(21)16-8-4-6-15-10-11-18-17-7-3-2-5-14(17)9-12-19(18)20(15)16/h2-3,5-7,9-11,16H,4,8,12H2,1H3. The van der Waals surface area contributed by atoms with E-state index in [2.05, 4.69) is 48.6 Å². The zero-order valence-corrected chi connectivity index (χ0v) is 12.2. The monoisotopic (exact) mass is 274 g/mol. The van der Waals surface area contributed by atoms with E-state index in [1.165, 1.54) is 32.0 Å². The molecule has 2 aromatic rings. The third-order valence-corrected chi connectivity index (χ3v) is 4.83. The fourth-order valence-electron chi connectivity index (χ4n) is 3.83. The van der Waals surface area contributed by atoms with Crippen LogP contribution in [-0.2, 0) is 11.2 Å². The molecule has 4 rings (SSSR count). The molecule has 0 bridgehead atoms. The van der Waals surface area contributed by atoms with E-state index in [-0.39, 0.29) is 5.92 Å². The Labute approximate surface area is 123 Å². The third-order valence-electron chi connectivity index (χ3n) is 4.83. The summed E-state index contributed by atoms with van der Waals surface area (Å²) in [4.78, 5) is 12.1. The number of Topliss-reactive ketones (excluding diaryl/α,β-unsaturated/α-hetero) is 1. The van der Waals surface area contributed by atoms with Gasteiger partial charge in [0.1, 0.15) is 5.78 Å². The molecule has 0 aromatic heterocycles. The molecule has 21 heavy (non-hydrogen) atoms. The van der Waals surface area contributed by atoms with Gasteiger partial charge in [0.05, 0.1) is 0 Å². The fourth-order valence-corrected chi connectivity index (χ4v) is 3.83. The smallest absolute Gasteiger partial charge is 0.137 e. The predicted octanol–water partition coefficient (Wildman–Crippen LogP) is 2.56. The van der Waals surface area contributed by atoms with E-state index < -0.39 is 0 Å². The van der Waals surface area contributed by atoms with Crippen LogP contribution in [0.3, 0.4) is 0 Å². The van der Waals surface area contributed by atoms with Gasteiger partial charge in [-0.05, 0) is 58.2 Å². The molecule has 0 saturated heterocycles. The van der Waals surface area contributed by atoms with Gasteiger partial charge in [-0.3, -0.25) is 4.79 Å². The zero-order chi connectivity index (χ0) is 14.4. The first-order chi connectivity index (χ1) is 10.3. The molecule has 1 nitrogen and oxygen atoms in total. The van der Waals surface area contributed by atoms with Crippen LogP contribution < -0.4 is 10.4 Å². The quantitative estimate of drug-likeness (QED) is 0.781. The van der Waals surface area contributed by atoms with Crippen LogP contribution >= 0.6 is 0 Å². The van der Waals surface area contributed by atoms with Crippen LogP contribution in [0.25, 0.3) is 12.2 Å². The number of carbonyl (C=O) groups excluding carboxylic acids is 1. The SMILES string of the molecule is CC(=O)C1CCC=c2ccc3c(c21)CC=c1ccccc1=3. The first-order valence-electron chi connectivity index (χ1n) is 7.68. The van der Waals surface area contributed by atoms with Crippen molar-refractivity contribution in [3.63, 3.8) is 0 Å². The predicted molar refractivity (Wildman–Crippen MR) is 85.1 cm³/mol. The van der Waals surface area contributed by atoms with Gasteiger partial charge in [-0.2, -0.15) is 0 Å². The second kappa shape index (κ2) is 4.70. The summed E-state index contributed by atoms with van der Waals surface area (Å²) in [6.07, 6.45) is 7.49. The van der Waals surface area contributed by atoms with Gasteiger partial charge in [-0.25, -0.2) is 0 Å². The van der Waals surface area contributed by atoms with Gasteiger partial charge in [0.2, 0.25) is 0 Å². The molecule has 0 fully saturated rings. The summed E-state index contributed by atoms with van der Waals surface area (Å²) >= 11 is 0. The maximum absolute atomic E-state index is 12.1. The zero-order valence-electron chi connectivity index (χ0n) is 12.2. The van der Waals surface area contributed by atoms with E-state index >= 15 is 0 Å². The van der Waals surface area contributed by atoms with Crippen LogP contribution in [0, 0.1) is 10.4 Å². The number of benzene rings is 2. The summed E-state index contributed by atoms with van der Waals surface area (Å²) in [6.45, 7) is 1.74. The Balaban J connectivity index is 2.18. The van der Waals surface area contributed by atoms with E-state index in [0.29, 0.717) is 5.78 Å².